The van der Waals surface area contributed by atoms with E-state index in [1.165, 1.54) is 10.6 Å². The van der Waals surface area contributed by atoms with Crippen LogP contribution in [0.2, 0.25) is 0 Å². The van der Waals surface area contributed by atoms with Crippen LogP contribution < -0.4 is 11.2 Å². The third-order valence-electron chi connectivity index (χ3n) is 13.6. The van der Waals surface area contributed by atoms with Gasteiger partial charge in [0.2, 0.25) is 5.60 Å². The van der Waals surface area contributed by atoms with Gasteiger partial charge in [-0.15, -0.1) is 0 Å². The van der Waals surface area contributed by atoms with Crippen molar-refractivity contribution >= 4 is 33.7 Å². The maximum Gasteiger partial charge on any atom is 0.411 e. The van der Waals surface area contributed by atoms with E-state index in [1.807, 2.05) is 64.2 Å². The first kappa shape index (κ1) is 41.7. The van der Waals surface area contributed by atoms with Gasteiger partial charge in [-0.1, -0.05) is 33.8 Å². The van der Waals surface area contributed by atoms with Crippen LogP contribution in [0.3, 0.4) is 0 Å². The van der Waals surface area contributed by atoms with Crippen molar-refractivity contribution in [2.24, 2.45) is 7.05 Å². The summed E-state index contributed by atoms with van der Waals surface area (Å²) in [4.78, 5) is 59.1. The maximum absolute atomic E-state index is 14.2. The Kier molecular flexibility index (Phi) is 9.89. The summed E-state index contributed by atoms with van der Waals surface area (Å²) >= 11 is 0. The average molecular weight is 880 g/mol. The number of phenols is 3. The zero-order valence-corrected chi connectivity index (χ0v) is 36.8. The van der Waals surface area contributed by atoms with Crippen LogP contribution in [0.15, 0.2) is 76.3 Å². The number of hydrogen-bond donors (Lipinski definition) is 4. The summed E-state index contributed by atoms with van der Waals surface area (Å²) in [5.41, 5.74) is 4.99. The number of aromatic nitrogens is 5. The van der Waals surface area contributed by atoms with Crippen molar-refractivity contribution in [1.82, 2.24) is 33.7 Å². The van der Waals surface area contributed by atoms with Gasteiger partial charge in [0.25, 0.3) is 5.56 Å². The molecule has 3 aliphatic rings. The number of fused-ring (bicyclic) bond motifs is 6. The van der Waals surface area contributed by atoms with Crippen LogP contribution in [0, 0.1) is 0 Å². The number of aryl methyl sites for hydroxylation is 2. The molecule has 1 amide bonds. The molecule has 0 radical (unpaired) electrons. The second-order valence-electron chi connectivity index (χ2n) is 17.5. The summed E-state index contributed by atoms with van der Waals surface area (Å²) in [5, 5.41) is 41.0. The van der Waals surface area contributed by atoms with Gasteiger partial charge in [0.15, 0.2) is 5.82 Å². The molecule has 0 spiro atoms. The minimum atomic E-state index is -1.82. The lowest BCUT2D eigenvalue weighted by atomic mass is 9.85. The van der Waals surface area contributed by atoms with E-state index in [2.05, 4.69) is 25.7 Å². The molecule has 4 aromatic carbocycles. The van der Waals surface area contributed by atoms with Crippen LogP contribution in [0.1, 0.15) is 73.5 Å². The van der Waals surface area contributed by atoms with Crippen LogP contribution in [0.25, 0.3) is 50.0 Å². The van der Waals surface area contributed by atoms with E-state index in [1.54, 1.807) is 34.6 Å². The van der Waals surface area contributed by atoms with Gasteiger partial charge in [0, 0.05) is 73.6 Å². The molecule has 0 bridgehead atoms. The molecule has 3 aliphatic heterocycles. The van der Waals surface area contributed by atoms with Gasteiger partial charge in [-0.3, -0.25) is 9.69 Å². The van der Waals surface area contributed by atoms with Crippen LogP contribution in [0.5, 0.6) is 17.2 Å². The van der Waals surface area contributed by atoms with Crippen molar-refractivity contribution in [2.45, 2.75) is 71.8 Å². The molecular formula is C49H49N7O9. The van der Waals surface area contributed by atoms with E-state index in [0.29, 0.717) is 73.8 Å². The zero-order valence-electron chi connectivity index (χ0n) is 36.8. The lowest BCUT2D eigenvalue weighted by molar-refractivity contribution is -0.173. The molecule has 6 heterocycles. The number of aromatic hydroxyl groups is 3. The molecule has 16 heteroatoms. The van der Waals surface area contributed by atoms with Crippen LogP contribution in [-0.2, 0) is 53.0 Å². The fourth-order valence-electron chi connectivity index (χ4n) is 10.1. The van der Waals surface area contributed by atoms with Gasteiger partial charge in [-0.25, -0.2) is 24.0 Å². The minimum Gasteiger partial charge on any atom is -0.508 e. The highest BCUT2D eigenvalue weighted by Crippen LogP contribution is 2.44. The van der Waals surface area contributed by atoms with Crippen LogP contribution in [0.4, 0.5) is 4.79 Å². The highest BCUT2D eigenvalue weighted by atomic mass is 16.6. The molecule has 65 heavy (non-hydrogen) atoms. The van der Waals surface area contributed by atoms with Crippen molar-refractivity contribution in [3.63, 3.8) is 0 Å². The highest BCUT2D eigenvalue weighted by molar-refractivity contribution is 5.95. The third kappa shape index (κ3) is 6.56. The lowest BCUT2D eigenvalue weighted by Crippen LogP contribution is -2.53. The standard InChI is InChI=1S/C49H49N7O9/c1-6-32-34-19-31(57)10-8-27(34)18-35-37(32)24-55-41(35)21-39-38(45(55)60)25-64-46(61)49(39,7-2)65-48(63)54-14-12-53(13-15-54)23-30-17-28-16-29(9-11-40(28)52(30)5)56-44(50-51-47(56)62)36-20-33(26(3)4)42(58)22-43(36)59/h8-11,16-22,26,57-59H,6-7,12-15,23-25H2,1-5H3,(H,51,62). The number of H-pyrrole nitrogens is 1. The van der Waals surface area contributed by atoms with Crippen molar-refractivity contribution < 1.29 is 34.4 Å². The normalized spacial score (nSPS) is 17.1. The van der Waals surface area contributed by atoms with E-state index < -0.39 is 23.4 Å². The molecule has 3 aromatic heterocycles. The van der Waals surface area contributed by atoms with Gasteiger partial charge < -0.3 is 38.8 Å². The first-order chi connectivity index (χ1) is 31.2. The van der Waals surface area contributed by atoms with E-state index in [9.17, 15) is 34.5 Å². The van der Waals surface area contributed by atoms with Gasteiger partial charge in [0.1, 0.15) is 23.9 Å². The Hall–Kier alpha value is -7.33. The number of pyridine rings is 1. The molecule has 1 atom stereocenters. The number of carbonyl (C=O) groups is 2. The van der Waals surface area contributed by atoms with Gasteiger partial charge >= 0.3 is 17.8 Å². The Labute approximate surface area is 372 Å². The second-order valence-corrected chi connectivity index (χ2v) is 17.5. The highest BCUT2D eigenvalue weighted by Gasteiger charge is 2.51. The predicted molar refractivity (Wildman–Crippen MR) is 242 cm³/mol. The van der Waals surface area contributed by atoms with Gasteiger partial charge in [0.05, 0.1) is 29.1 Å². The Morgan fingerprint density at radius 1 is 0.892 bits per heavy atom. The quantitative estimate of drug-likeness (QED) is 0.122. The molecular weight excluding hydrogens is 831 g/mol. The van der Waals surface area contributed by atoms with Gasteiger partial charge in [-0.2, -0.15) is 5.10 Å². The molecule has 1 saturated heterocycles. The topological polar surface area (TPSA) is 197 Å². The monoisotopic (exact) mass is 879 g/mol. The average Bonchev–Trinajstić information content (AvgIpc) is 3.95. The molecule has 10 rings (SSSR count). The minimum absolute atomic E-state index is 0.0367. The number of aromatic amines is 1. The van der Waals surface area contributed by atoms with E-state index >= 15 is 0 Å². The molecule has 1 unspecified atom stereocenters. The fourth-order valence-corrected chi connectivity index (χ4v) is 10.1. The van der Waals surface area contributed by atoms with Crippen molar-refractivity contribution in [3.8, 4) is 45.6 Å². The molecule has 334 valence electrons. The SMILES string of the molecule is CCc1c2c(cc3ccc(O)cc13)-c1cc3c(c(=O)n1C2)COC(=O)C3(CC)OC(=O)N1CCN(Cc2cc3cc(-n4c(-c5cc(C(C)C)c(O)cc5O)n[nH]c4=O)ccc3n2C)CC1. The number of phenolic OH excluding ortho intramolecular Hbond substituents is 3. The first-order valence-corrected chi connectivity index (χ1v) is 22.0. The molecule has 16 nitrogen and oxygen atoms in total. The largest absolute Gasteiger partial charge is 0.508 e. The molecule has 0 saturated carbocycles. The number of piperazine rings is 1. The number of nitrogens with one attached hydrogen (secondary N) is 1. The summed E-state index contributed by atoms with van der Waals surface area (Å²) in [6.45, 7) is 10.1. The molecule has 0 aliphatic carbocycles. The number of cyclic esters (lactones) is 1. The summed E-state index contributed by atoms with van der Waals surface area (Å²) in [6.07, 6.45) is 0.0889. The van der Waals surface area contributed by atoms with E-state index in [-0.39, 0.29) is 53.1 Å². The zero-order chi connectivity index (χ0) is 45.6. The Morgan fingerprint density at radius 2 is 1.68 bits per heavy atom. The summed E-state index contributed by atoms with van der Waals surface area (Å²) in [7, 11) is 1.98. The Balaban J connectivity index is 0.872. The Morgan fingerprint density at radius 3 is 2.42 bits per heavy atom. The van der Waals surface area contributed by atoms with Crippen LogP contribution in [-0.4, -0.2) is 87.3 Å². The molecule has 7 aromatic rings. The summed E-state index contributed by atoms with van der Waals surface area (Å²) in [5.74, 6) is -0.614. The van der Waals surface area contributed by atoms with Gasteiger partial charge in [-0.05, 0) is 101 Å². The number of nitrogens with zero attached hydrogens (tertiary/aromatic N) is 6. The first-order valence-electron chi connectivity index (χ1n) is 22.0. The smallest absolute Gasteiger partial charge is 0.411 e. The second kappa shape index (κ2) is 15.4. The number of hydrogen-bond acceptors (Lipinski definition) is 11. The molecule has 4 N–H and O–H groups in total. The number of ether oxygens (including phenoxy) is 2. The number of carbonyl (C=O) groups excluding carboxylic acids is 2. The van der Waals surface area contributed by atoms with Crippen LogP contribution >= 0.6 is 0 Å². The fraction of sp³-hybridized carbons (Fsp3) is 0.327. The van der Waals surface area contributed by atoms with Crippen molar-refractivity contribution in [1.29, 1.82) is 0 Å². The predicted octanol–water partition coefficient (Wildman–Crippen LogP) is 6.48. The van der Waals surface area contributed by atoms with E-state index in [0.717, 1.165) is 44.1 Å². The molecule has 1 fully saturated rings. The number of amides is 1. The number of rotatable bonds is 8. The third-order valence-corrected chi connectivity index (χ3v) is 13.6. The number of benzene rings is 4. The van der Waals surface area contributed by atoms with E-state index in [4.69, 9.17) is 9.47 Å². The number of esters is 1. The summed E-state index contributed by atoms with van der Waals surface area (Å²) < 4.78 is 17.0. The van der Waals surface area contributed by atoms with Crippen molar-refractivity contribution in [2.75, 3.05) is 26.2 Å². The Bertz CT molecular complexity index is 3260. The maximum atomic E-state index is 14.2. The lowest BCUT2D eigenvalue weighted by Gasteiger charge is -2.39. The van der Waals surface area contributed by atoms with Crippen molar-refractivity contribution in [3.05, 3.63) is 121 Å². The summed E-state index contributed by atoms with van der Waals surface area (Å²) in [6, 6.07) is 19.7.